The largest absolute Gasteiger partial charge is 0.496 e. The van der Waals surface area contributed by atoms with Gasteiger partial charge in [-0.15, -0.1) is 11.3 Å². The van der Waals surface area contributed by atoms with Crippen molar-refractivity contribution >= 4 is 33.2 Å². The molecule has 2 aromatic rings. The molecule has 1 unspecified atom stereocenters. The van der Waals surface area contributed by atoms with E-state index in [1.54, 1.807) is 13.2 Å². The first-order chi connectivity index (χ1) is 9.10. The van der Waals surface area contributed by atoms with Gasteiger partial charge in [0.1, 0.15) is 5.75 Å². The maximum atomic E-state index is 12.1. The third-order valence-electron chi connectivity index (χ3n) is 2.75. The summed E-state index contributed by atoms with van der Waals surface area (Å²) in [5.74, 6) is 0.634. The van der Waals surface area contributed by atoms with Crippen molar-refractivity contribution < 1.29 is 9.53 Å². The predicted octanol–water partition coefficient (Wildman–Crippen LogP) is 4.01. The smallest absolute Gasteiger partial charge is 0.261 e. The molecule has 0 aliphatic heterocycles. The van der Waals surface area contributed by atoms with Gasteiger partial charge in [-0.1, -0.05) is 28.1 Å². The molecule has 0 aliphatic carbocycles. The molecule has 0 saturated heterocycles. The van der Waals surface area contributed by atoms with Crippen LogP contribution in [0.2, 0.25) is 0 Å². The highest BCUT2D eigenvalue weighted by atomic mass is 79.9. The van der Waals surface area contributed by atoms with Gasteiger partial charge in [0.25, 0.3) is 5.91 Å². The highest BCUT2D eigenvalue weighted by Gasteiger charge is 2.13. The zero-order valence-electron chi connectivity index (χ0n) is 10.6. The van der Waals surface area contributed by atoms with Crippen molar-refractivity contribution in [1.82, 2.24) is 5.32 Å². The van der Waals surface area contributed by atoms with Crippen LogP contribution < -0.4 is 10.1 Å². The summed E-state index contributed by atoms with van der Waals surface area (Å²) in [6.45, 7) is 1.96. The number of thiophene rings is 1. The van der Waals surface area contributed by atoms with E-state index in [-0.39, 0.29) is 11.9 Å². The zero-order valence-corrected chi connectivity index (χ0v) is 13.0. The minimum atomic E-state index is -0.0799. The Hall–Kier alpha value is -1.33. The van der Waals surface area contributed by atoms with E-state index in [1.807, 2.05) is 36.6 Å². The maximum Gasteiger partial charge on any atom is 0.261 e. The molecule has 0 saturated carbocycles. The number of methoxy groups -OCH3 is 1. The number of rotatable bonds is 4. The summed E-state index contributed by atoms with van der Waals surface area (Å²) in [6, 6.07) is 9.62. The average molecular weight is 340 g/mol. The average Bonchev–Trinajstić information content (AvgIpc) is 2.88. The molecule has 1 atom stereocenters. The summed E-state index contributed by atoms with van der Waals surface area (Å²) in [5, 5.41) is 4.79. The van der Waals surface area contributed by atoms with Crippen molar-refractivity contribution in [2.45, 2.75) is 13.0 Å². The minimum Gasteiger partial charge on any atom is -0.496 e. The number of carbonyl (C=O) groups excluding carboxylic acids is 1. The Kier molecular flexibility index (Phi) is 4.61. The number of ether oxygens (including phenoxy) is 1. The van der Waals surface area contributed by atoms with E-state index < -0.39 is 0 Å². The molecule has 1 aromatic carbocycles. The normalized spacial score (nSPS) is 11.9. The number of benzene rings is 1. The van der Waals surface area contributed by atoms with Gasteiger partial charge in [0.05, 0.1) is 18.0 Å². The number of carbonyl (C=O) groups is 1. The van der Waals surface area contributed by atoms with Crippen molar-refractivity contribution in [2.24, 2.45) is 0 Å². The standard InChI is InChI=1S/C14H14BrNO2S/c1-9(10-3-5-11(15)6-4-10)16-14(17)13-7-12(18-2)8-19-13/h3-9H,1-2H3,(H,16,17). The minimum absolute atomic E-state index is 0.0336. The number of hydrogen-bond acceptors (Lipinski definition) is 3. The van der Waals surface area contributed by atoms with Gasteiger partial charge < -0.3 is 10.1 Å². The zero-order chi connectivity index (χ0) is 13.8. The third kappa shape index (κ3) is 3.58. The lowest BCUT2D eigenvalue weighted by molar-refractivity contribution is 0.0944. The molecule has 0 spiro atoms. The van der Waals surface area contributed by atoms with E-state index in [2.05, 4.69) is 21.2 Å². The molecule has 1 aromatic heterocycles. The first-order valence-corrected chi connectivity index (χ1v) is 7.46. The van der Waals surface area contributed by atoms with E-state index in [1.165, 1.54) is 11.3 Å². The molecule has 19 heavy (non-hydrogen) atoms. The molecular weight excluding hydrogens is 326 g/mol. The molecule has 100 valence electrons. The van der Waals surface area contributed by atoms with Crippen LogP contribution in [-0.2, 0) is 0 Å². The number of nitrogens with one attached hydrogen (secondary N) is 1. The second-order valence-corrected chi connectivity index (χ2v) is 5.92. The summed E-state index contributed by atoms with van der Waals surface area (Å²) in [5.41, 5.74) is 1.07. The molecule has 0 radical (unpaired) electrons. The van der Waals surface area contributed by atoms with Crippen LogP contribution in [0.3, 0.4) is 0 Å². The Labute approximate surface area is 124 Å². The van der Waals surface area contributed by atoms with Gasteiger partial charge in [-0.25, -0.2) is 0 Å². The molecule has 1 heterocycles. The SMILES string of the molecule is COc1csc(C(=O)NC(C)c2ccc(Br)cc2)c1. The molecule has 2 rings (SSSR count). The Balaban J connectivity index is 2.04. The first kappa shape index (κ1) is 14.1. The molecule has 1 amide bonds. The van der Waals surface area contributed by atoms with Crippen LogP contribution in [0.1, 0.15) is 28.2 Å². The molecular formula is C14H14BrNO2S. The molecule has 5 heteroatoms. The van der Waals surface area contributed by atoms with Crippen LogP contribution in [-0.4, -0.2) is 13.0 Å². The Bertz CT molecular complexity index is 565. The van der Waals surface area contributed by atoms with Crippen molar-refractivity contribution in [2.75, 3.05) is 7.11 Å². The number of amides is 1. The fourth-order valence-corrected chi connectivity index (χ4v) is 2.67. The maximum absolute atomic E-state index is 12.1. The van der Waals surface area contributed by atoms with Crippen molar-refractivity contribution in [3.8, 4) is 5.75 Å². The monoisotopic (exact) mass is 339 g/mol. The van der Waals surface area contributed by atoms with Crippen LogP contribution in [0, 0.1) is 0 Å². The second kappa shape index (κ2) is 6.21. The van der Waals surface area contributed by atoms with Gasteiger partial charge in [0.15, 0.2) is 0 Å². The lowest BCUT2D eigenvalue weighted by atomic mass is 10.1. The van der Waals surface area contributed by atoms with Crippen molar-refractivity contribution in [3.63, 3.8) is 0 Å². The highest BCUT2D eigenvalue weighted by Crippen LogP contribution is 2.22. The van der Waals surface area contributed by atoms with E-state index in [0.29, 0.717) is 10.6 Å². The van der Waals surface area contributed by atoms with Gasteiger partial charge >= 0.3 is 0 Å². The first-order valence-electron chi connectivity index (χ1n) is 5.79. The fraction of sp³-hybridized carbons (Fsp3) is 0.214. The Morgan fingerprint density at radius 1 is 1.37 bits per heavy atom. The van der Waals surface area contributed by atoms with Crippen LogP contribution in [0.5, 0.6) is 5.75 Å². The van der Waals surface area contributed by atoms with Gasteiger partial charge in [-0.2, -0.15) is 0 Å². The Morgan fingerprint density at radius 2 is 2.05 bits per heavy atom. The van der Waals surface area contributed by atoms with E-state index in [9.17, 15) is 4.79 Å². The summed E-state index contributed by atoms with van der Waals surface area (Å²) >= 11 is 4.77. The fourth-order valence-electron chi connectivity index (χ4n) is 1.65. The lowest BCUT2D eigenvalue weighted by Crippen LogP contribution is -2.25. The van der Waals surface area contributed by atoms with Gasteiger partial charge in [-0.05, 0) is 24.6 Å². The topological polar surface area (TPSA) is 38.3 Å². The quantitative estimate of drug-likeness (QED) is 0.913. The van der Waals surface area contributed by atoms with E-state index in [0.717, 1.165) is 10.0 Å². The summed E-state index contributed by atoms with van der Waals surface area (Å²) in [7, 11) is 1.59. The summed E-state index contributed by atoms with van der Waals surface area (Å²) < 4.78 is 6.10. The number of halogens is 1. The molecule has 3 nitrogen and oxygen atoms in total. The van der Waals surface area contributed by atoms with Crippen LogP contribution in [0.25, 0.3) is 0 Å². The molecule has 0 aliphatic rings. The van der Waals surface area contributed by atoms with Crippen LogP contribution in [0.4, 0.5) is 0 Å². The predicted molar refractivity (Wildman–Crippen MR) is 80.9 cm³/mol. The molecule has 1 N–H and O–H groups in total. The van der Waals surface area contributed by atoms with Gasteiger partial charge in [0, 0.05) is 15.9 Å². The van der Waals surface area contributed by atoms with Crippen molar-refractivity contribution in [3.05, 3.63) is 50.6 Å². The molecule has 0 bridgehead atoms. The van der Waals surface area contributed by atoms with E-state index >= 15 is 0 Å². The second-order valence-electron chi connectivity index (χ2n) is 4.10. The molecule has 0 fully saturated rings. The van der Waals surface area contributed by atoms with Crippen LogP contribution in [0.15, 0.2) is 40.2 Å². The summed E-state index contributed by atoms with van der Waals surface area (Å²) in [6.07, 6.45) is 0. The van der Waals surface area contributed by atoms with E-state index in [4.69, 9.17) is 4.74 Å². The van der Waals surface area contributed by atoms with Crippen LogP contribution >= 0.6 is 27.3 Å². The third-order valence-corrected chi connectivity index (χ3v) is 4.19. The number of hydrogen-bond donors (Lipinski definition) is 1. The summed E-state index contributed by atoms with van der Waals surface area (Å²) in [4.78, 5) is 12.7. The Morgan fingerprint density at radius 3 is 2.63 bits per heavy atom. The lowest BCUT2D eigenvalue weighted by Gasteiger charge is -2.13. The van der Waals surface area contributed by atoms with Gasteiger partial charge in [0.2, 0.25) is 0 Å². The highest BCUT2D eigenvalue weighted by molar-refractivity contribution is 9.10. The van der Waals surface area contributed by atoms with Gasteiger partial charge in [-0.3, -0.25) is 4.79 Å². The van der Waals surface area contributed by atoms with Crippen molar-refractivity contribution in [1.29, 1.82) is 0 Å².